The Bertz CT molecular complexity index is 842. The molecule has 1 unspecified atom stereocenters. The Morgan fingerprint density at radius 3 is 2.72 bits per heavy atom. The van der Waals surface area contributed by atoms with E-state index in [4.69, 9.17) is 5.26 Å². The molecule has 0 spiro atoms. The molecule has 1 heterocycles. The van der Waals surface area contributed by atoms with E-state index in [0.29, 0.717) is 18.7 Å². The van der Waals surface area contributed by atoms with Crippen LogP contribution in [0.2, 0.25) is 0 Å². The van der Waals surface area contributed by atoms with Gasteiger partial charge in [0.15, 0.2) is 0 Å². The summed E-state index contributed by atoms with van der Waals surface area (Å²) in [5, 5.41) is 11.5. The summed E-state index contributed by atoms with van der Waals surface area (Å²) in [6.45, 7) is 0.369. The predicted octanol–water partition coefficient (Wildman–Crippen LogP) is 3.51. The van der Waals surface area contributed by atoms with Crippen molar-refractivity contribution in [2.45, 2.75) is 12.8 Å². The molecule has 0 radical (unpaired) electrons. The van der Waals surface area contributed by atoms with Gasteiger partial charge in [-0.25, -0.2) is 0 Å². The van der Waals surface area contributed by atoms with Gasteiger partial charge in [-0.2, -0.15) is 5.26 Å². The van der Waals surface area contributed by atoms with Gasteiger partial charge in [-0.05, 0) is 35.9 Å². The van der Waals surface area contributed by atoms with Crippen molar-refractivity contribution in [3.05, 3.63) is 58.6 Å². The van der Waals surface area contributed by atoms with Crippen molar-refractivity contribution in [2.24, 2.45) is 5.92 Å². The van der Waals surface area contributed by atoms with Crippen molar-refractivity contribution >= 4 is 39.1 Å². The first-order chi connectivity index (χ1) is 12.1. The molecule has 1 aliphatic heterocycles. The lowest BCUT2D eigenvalue weighted by Gasteiger charge is -2.17. The summed E-state index contributed by atoms with van der Waals surface area (Å²) < 4.78 is 0.892. The molecule has 1 saturated heterocycles. The lowest BCUT2D eigenvalue weighted by atomic mass is 10.1. The Labute approximate surface area is 154 Å². The third kappa shape index (κ3) is 4.06. The van der Waals surface area contributed by atoms with Crippen LogP contribution in [-0.2, 0) is 16.0 Å². The highest BCUT2D eigenvalue weighted by Crippen LogP contribution is 2.28. The van der Waals surface area contributed by atoms with Crippen LogP contribution in [0, 0.1) is 17.2 Å². The molecule has 2 aromatic rings. The summed E-state index contributed by atoms with van der Waals surface area (Å²) in [5.41, 5.74) is 2.35. The third-order valence-corrected chi connectivity index (χ3v) is 4.61. The topological polar surface area (TPSA) is 73.2 Å². The maximum atomic E-state index is 12.5. The number of anilines is 2. The van der Waals surface area contributed by atoms with Crippen LogP contribution in [0.25, 0.3) is 0 Å². The zero-order chi connectivity index (χ0) is 17.8. The number of nitriles is 1. The van der Waals surface area contributed by atoms with Crippen LogP contribution in [0.15, 0.2) is 53.0 Å². The van der Waals surface area contributed by atoms with E-state index in [-0.39, 0.29) is 24.2 Å². The van der Waals surface area contributed by atoms with Crippen LogP contribution in [-0.4, -0.2) is 18.4 Å². The SMILES string of the molecule is N#CCc1ccc(NC(=O)C2CC(=O)N(c3cccc(Br)c3)C2)cc1. The standard InChI is InChI=1S/C19H16BrN3O2/c20-15-2-1-3-17(11-15)23-12-14(10-18(23)24)19(25)22-16-6-4-13(5-7-16)8-9-21/h1-7,11,14H,8,10,12H2,(H,22,25). The van der Waals surface area contributed by atoms with Crippen molar-refractivity contribution in [3.8, 4) is 6.07 Å². The highest BCUT2D eigenvalue weighted by atomic mass is 79.9. The van der Waals surface area contributed by atoms with Gasteiger partial charge < -0.3 is 10.2 Å². The molecule has 0 aromatic heterocycles. The molecule has 3 rings (SSSR count). The minimum absolute atomic E-state index is 0.0531. The number of rotatable bonds is 4. The molecule has 1 atom stereocenters. The molecule has 2 amide bonds. The van der Waals surface area contributed by atoms with Gasteiger partial charge in [-0.15, -0.1) is 0 Å². The van der Waals surface area contributed by atoms with Crippen molar-refractivity contribution in [3.63, 3.8) is 0 Å². The average Bonchev–Trinajstić information content (AvgIpc) is 2.99. The van der Waals surface area contributed by atoms with E-state index in [1.807, 2.05) is 36.4 Å². The number of hydrogen-bond donors (Lipinski definition) is 1. The van der Waals surface area contributed by atoms with Gasteiger partial charge in [0, 0.05) is 28.8 Å². The molecule has 2 aromatic carbocycles. The molecule has 1 aliphatic rings. The Morgan fingerprint density at radius 1 is 1.28 bits per heavy atom. The molecule has 126 valence electrons. The number of carbonyl (C=O) groups excluding carboxylic acids is 2. The summed E-state index contributed by atoms with van der Waals surface area (Å²) in [5.74, 6) is -0.605. The number of carbonyl (C=O) groups is 2. The molecule has 0 bridgehead atoms. The molecule has 25 heavy (non-hydrogen) atoms. The van der Waals surface area contributed by atoms with E-state index in [0.717, 1.165) is 15.7 Å². The number of hydrogen-bond acceptors (Lipinski definition) is 3. The summed E-state index contributed by atoms with van der Waals surface area (Å²) >= 11 is 3.40. The fourth-order valence-electron chi connectivity index (χ4n) is 2.82. The average molecular weight is 398 g/mol. The lowest BCUT2D eigenvalue weighted by Crippen LogP contribution is -2.28. The number of halogens is 1. The van der Waals surface area contributed by atoms with Gasteiger partial charge in [-0.3, -0.25) is 9.59 Å². The summed E-state index contributed by atoms with van der Waals surface area (Å²) in [4.78, 5) is 26.4. The lowest BCUT2D eigenvalue weighted by molar-refractivity contribution is -0.122. The second-order valence-electron chi connectivity index (χ2n) is 5.91. The zero-order valence-electron chi connectivity index (χ0n) is 13.4. The number of amides is 2. The second kappa shape index (κ2) is 7.49. The Balaban J connectivity index is 1.65. The van der Waals surface area contributed by atoms with E-state index >= 15 is 0 Å². The molecule has 0 saturated carbocycles. The Kier molecular flexibility index (Phi) is 5.15. The van der Waals surface area contributed by atoms with Crippen molar-refractivity contribution in [1.82, 2.24) is 0 Å². The van der Waals surface area contributed by atoms with Crippen molar-refractivity contribution in [2.75, 3.05) is 16.8 Å². The van der Waals surface area contributed by atoms with Gasteiger partial charge >= 0.3 is 0 Å². The van der Waals surface area contributed by atoms with Gasteiger partial charge in [0.1, 0.15) is 0 Å². The van der Waals surface area contributed by atoms with E-state index in [1.165, 1.54) is 0 Å². The highest BCUT2D eigenvalue weighted by molar-refractivity contribution is 9.10. The summed E-state index contributed by atoms with van der Waals surface area (Å²) in [6, 6.07) is 16.7. The van der Waals surface area contributed by atoms with Crippen LogP contribution in [0.1, 0.15) is 12.0 Å². The van der Waals surface area contributed by atoms with Gasteiger partial charge in [-0.1, -0.05) is 34.1 Å². The minimum Gasteiger partial charge on any atom is -0.326 e. The Morgan fingerprint density at radius 2 is 2.04 bits per heavy atom. The predicted molar refractivity (Wildman–Crippen MR) is 99.0 cm³/mol. The monoisotopic (exact) mass is 397 g/mol. The Hall–Kier alpha value is -2.65. The van der Waals surface area contributed by atoms with Crippen LogP contribution >= 0.6 is 15.9 Å². The molecule has 0 aliphatic carbocycles. The van der Waals surface area contributed by atoms with E-state index in [2.05, 4.69) is 27.3 Å². The van der Waals surface area contributed by atoms with E-state index in [9.17, 15) is 9.59 Å². The van der Waals surface area contributed by atoms with Gasteiger partial charge in [0.25, 0.3) is 0 Å². The minimum atomic E-state index is -0.384. The maximum absolute atomic E-state index is 12.5. The molecular weight excluding hydrogens is 382 g/mol. The number of benzene rings is 2. The van der Waals surface area contributed by atoms with Crippen molar-refractivity contribution < 1.29 is 9.59 Å². The molecular formula is C19H16BrN3O2. The summed E-state index contributed by atoms with van der Waals surface area (Å²) in [6.07, 6.45) is 0.539. The first-order valence-electron chi connectivity index (χ1n) is 7.89. The smallest absolute Gasteiger partial charge is 0.229 e. The first kappa shape index (κ1) is 17.2. The largest absolute Gasteiger partial charge is 0.326 e. The number of nitrogens with one attached hydrogen (secondary N) is 1. The maximum Gasteiger partial charge on any atom is 0.229 e. The zero-order valence-corrected chi connectivity index (χ0v) is 15.0. The van der Waals surface area contributed by atoms with E-state index in [1.54, 1.807) is 17.0 Å². The fraction of sp³-hybridized carbons (Fsp3) is 0.211. The van der Waals surface area contributed by atoms with Crippen LogP contribution < -0.4 is 10.2 Å². The van der Waals surface area contributed by atoms with Crippen LogP contribution in [0.5, 0.6) is 0 Å². The fourth-order valence-corrected chi connectivity index (χ4v) is 3.21. The number of nitrogens with zero attached hydrogens (tertiary/aromatic N) is 2. The quantitative estimate of drug-likeness (QED) is 0.857. The highest BCUT2D eigenvalue weighted by Gasteiger charge is 2.35. The summed E-state index contributed by atoms with van der Waals surface area (Å²) in [7, 11) is 0. The van der Waals surface area contributed by atoms with E-state index < -0.39 is 0 Å². The third-order valence-electron chi connectivity index (χ3n) is 4.12. The van der Waals surface area contributed by atoms with Crippen LogP contribution in [0.3, 0.4) is 0 Å². The molecule has 6 heteroatoms. The second-order valence-corrected chi connectivity index (χ2v) is 6.82. The van der Waals surface area contributed by atoms with Gasteiger partial charge in [0.05, 0.1) is 18.4 Å². The van der Waals surface area contributed by atoms with Crippen molar-refractivity contribution in [1.29, 1.82) is 5.26 Å². The molecule has 1 fully saturated rings. The molecule has 5 nitrogen and oxygen atoms in total. The first-order valence-corrected chi connectivity index (χ1v) is 8.69. The van der Waals surface area contributed by atoms with Gasteiger partial charge in [0.2, 0.25) is 11.8 Å². The van der Waals surface area contributed by atoms with Crippen LogP contribution in [0.4, 0.5) is 11.4 Å². The normalized spacial score (nSPS) is 16.6. The molecule has 1 N–H and O–H groups in total.